The molecule has 0 aliphatic carbocycles. The first kappa shape index (κ1) is 66.0. The van der Waals surface area contributed by atoms with Crippen LogP contribution in [0.5, 0.6) is 0 Å². The van der Waals surface area contributed by atoms with E-state index < -0.39 is 12.1 Å². The quantitative estimate of drug-likeness (QED) is 0.0262. The second-order valence-corrected chi connectivity index (χ2v) is 17.7. The molecule has 1 unspecified atom stereocenters. The highest BCUT2D eigenvalue weighted by atomic mass is 16.6. The normalized spacial score (nSPS) is 13.3. The molecule has 0 saturated heterocycles. The molecule has 0 bridgehead atoms. The minimum atomic E-state index is -0.841. The average molecular weight is 978 g/mol. The van der Waals surface area contributed by atoms with Crippen LogP contribution in [0, 0.1) is 0 Å². The minimum absolute atomic E-state index is 0.129. The van der Waals surface area contributed by atoms with E-state index in [2.05, 4.69) is 167 Å². The van der Waals surface area contributed by atoms with Gasteiger partial charge in [0.1, 0.15) is 13.2 Å². The van der Waals surface area contributed by atoms with E-state index in [0.717, 1.165) is 161 Å². The van der Waals surface area contributed by atoms with Crippen LogP contribution in [0.15, 0.2) is 158 Å². The highest BCUT2D eigenvalue weighted by Crippen LogP contribution is 2.12. The molecule has 0 heterocycles. The lowest BCUT2D eigenvalue weighted by atomic mass is 10.1. The Bertz CT molecular complexity index is 1640. The van der Waals surface area contributed by atoms with Crippen molar-refractivity contribution in [2.45, 2.75) is 219 Å². The van der Waals surface area contributed by atoms with Crippen LogP contribution >= 0.6 is 0 Å². The van der Waals surface area contributed by atoms with Crippen LogP contribution in [0.2, 0.25) is 0 Å². The molecule has 0 aromatic heterocycles. The molecule has 0 N–H and O–H groups in total. The van der Waals surface area contributed by atoms with Crippen molar-refractivity contribution in [2.75, 3.05) is 13.2 Å². The fourth-order valence-corrected chi connectivity index (χ4v) is 6.88. The SMILES string of the molecule is CC/C=C\C/C=C\C/C=C\C/C=C\C/C=C\C/C=C\CCC(=O)OC(COC(=O)CCCCCCC/C=C\C/C=C\C/C=C\C/C=C\C/C=C\CC)COC(=O)CCCCCCC/C=C\C/C=C\CCC. The second-order valence-electron chi connectivity index (χ2n) is 17.7. The fraction of sp³-hybridized carbons (Fsp3) is 0.554. The van der Waals surface area contributed by atoms with Crippen LogP contribution in [-0.2, 0) is 28.6 Å². The van der Waals surface area contributed by atoms with E-state index in [1.54, 1.807) is 0 Å². The lowest BCUT2D eigenvalue weighted by Crippen LogP contribution is -2.30. The summed E-state index contributed by atoms with van der Waals surface area (Å²) in [6.07, 6.45) is 83.8. The van der Waals surface area contributed by atoms with Crippen LogP contribution in [0.25, 0.3) is 0 Å². The molecule has 0 amide bonds. The summed E-state index contributed by atoms with van der Waals surface area (Å²) in [5.41, 5.74) is 0. The molecule has 0 aromatic carbocycles. The summed E-state index contributed by atoms with van der Waals surface area (Å²) >= 11 is 0. The minimum Gasteiger partial charge on any atom is -0.462 e. The Labute approximate surface area is 435 Å². The summed E-state index contributed by atoms with van der Waals surface area (Å²) in [4.78, 5) is 38.1. The van der Waals surface area contributed by atoms with E-state index in [1.165, 1.54) is 6.42 Å². The Balaban J connectivity index is 4.57. The number of carbonyl (C=O) groups is 3. The Morgan fingerprint density at radius 3 is 0.915 bits per heavy atom. The van der Waals surface area contributed by atoms with Crippen molar-refractivity contribution in [1.82, 2.24) is 0 Å². The van der Waals surface area contributed by atoms with Crippen molar-refractivity contribution < 1.29 is 28.6 Å². The maximum absolute atomic E-state index is 12.8. The van der Waals surface area contributed by atoms with E-state index in [0.29, 0.717) is 19.3 Å². The smallest absolute Gasteiger partial charge is 0.306 e. The van der Waals surface area contributed by atoms with Gasteiger partial charge in [0, 0.05) is 19.3 Å². The summed E-state index contributed by atoms with van der Waals surface area (Å²) in [5, 5.41) is 0. The number of hydrogen-bond acceptors (Lipinski definition) is 6. The first-order valence-electron chi connectivity index (χ1n) is 28.0. The molecule has 0 radical (unpaired) electrons. The summed E-state index contributed by atoms with van der Waals surface area (Å²) in [7, 11) is 0. The van der Waals surface area contributed by atoms with Gasteiger partial charge >= 0.3 is 17.9 Å². The van der Waals surface area contributed by atoms with Gasteiger partial charge in [-0.25, -0.2) is 0 Å². The van der Waals surface area contributed by atoms with Crippen molar-refractivity contribution in [3.63, 3.8) is 0 Å². The van der Waals surface area contributed by atoms with E-state index >= 15 is 0 Å². The van der Waals surface area contributed by atoms with Gasteiger partial charge < -0.3 is 14.2 Å². The number of unbranched alkanes of at least 4 members (excludes halogenated alkanes) is 11. The van der Waals surface area contributed by atoms with E-state index in [4.69, 9.17) is 14.2 Å². The lowest BCUT2D eigenvalue weighted by molar-refractivity contribution is -0.166. The number of esters is 3. The Morgan fingerprint density at radius 2 is 0.577 bits per heavy atom. The van der Waals surface area contributed by atoms with Crippen LogP contribution < -0.4 is 0 Å². The van der Waals surface area contributed by atoms with Gasteiger partial charge in [0.25, 0.3) is 0 Å². The molecule has 0 spiro atoms. The number of hydrogen-bond donors (Lipinski definition) is 0. The van der Waals surface area contributed by atoms with Gasteiger partial charge in [-0.15, -0.1) is 0 Å². The van der Waals surface area contributed by atoms with Crippen molar-refractivity contribution >= 4 is 17.9 Å². The van der Waals surface area contributed by atoms with Crippen molar-refractivity contribution in [3.05, 3.63) is 158 Å². The highest BCUT2D eigenvalue weighted by Gasteiger charge is 2.19. The van der Waals surface area contributed by atoms with Crippen LogP contribution in [0.4, 0.5) is 0 Å². The lowest BCUT2D eigenvalue weighted by Gasteiger charge is -2.18. The predicted molar refractivity (Wildman–Crippen MR) is 306 cm³/mol. The molecule has 396 valence electrons. The van der Waals surface area contributed by atoms with Gasteiger partial charge in [-0.2, -0.15) is 0 Å². The molecule has 0 fully saturated rings. The standard InChI is InChI=1S/C65H100O6/c1-4-7-10-13-16-19-22-25-27-29-31-32-34-35-37-40-43-46-49-52-55-58-64(67)70-61-62(60-69-63(66)57-54-51-48-45-42-39-24-21-18-15-12-9-6-3)71-65(68)59-56-53-50-47-44-41-38-36-33-30-28-26-23-20-17-14-11-8-5-2/h7-8,10-12,15-17,19-21,24-28,31-33,35-37,41,44,50,53,62H,4-6,9,13-14,18,22-23,29-30,34,38-40,42-43,45-49,51-52,54-61H2,1-3H3/b10-7-,11-8-,15-12-,19-16-,20-17-,24-21-,27-25-,28-26-,32-31-,36-33-,37-35-,44-41-,53-50-. The number of rotatable bonds is 48. The summed E-state index contributed by atoms with van der Waals surface area (Å²) in [6.45, 7) is 6.23. The van der Waals surface area contributed by atoms with Gasteiger partial charge in [0.2, 0.25) is 0 Å². The van der Waals surface area contributed by atoms with Crippen molar-refractivity contribution in [2.24, 2.45) is 0 Å². The van der Waals surface area contributed by atoms with E-state index in [1.807, 2.05) is 12.2 Å². The van der Waals surface area contributed by atoms with Gasteiger partial charge in [-0.1, -0.05) is 224 Å². The fourth-order valence-electron chi connectivity index (χ4n) is 6.88. The van der Waals surface area contributed by atoms with E-state index in [-0.39, 0.29) is 31.6 Å². The number of allylic oxidation sites excluding steroid dienone is 26. The van der Waals surface area contributed by atoms with Crippen LogP contribution in [-0.4, -0.2) is 37.2 Å². The second kappa shape index (κ2) is 57.6. The molecule has 0 aliphatic heterocycles. The molecule has 71 heavy (non-hydrogen) atoms. The first-order valence-corrected chi connectivity index (χ1v) is 28.0. The Morgan fingerprint density at radius 1 is 0.296 bits per heavy atom. The van der Waals surface area contributed by atoms with Gasteiger partial charge in [0.05, 0.1) is 0 Å². The maximum atomic E-state index is 12.8. The third-order valence-corrected chi connectivity index (χ3v) is 11.0. The van der Waals surface area contributed by atoms with Crippen molar-refractivity contribution in [1.29, 1.82) is 0 Å². The molecular formula is C65H100O6. The Hall–Kier alpha value is -4.97. The first-order chi connectivity index (χ1) is 35.0. The van der Waals surface area contributed by atoms with Crippen LogP contribution in [0.1, 0.15) is 213 Å². The molecular weight excluding hydrogens is 877 g/mol. The zero-order chi connectivity index (χ0) is 51.4. The average Bonchev–Trinajstić information content (AvgIpc) is 3.37. The zero-order valence-corrected chi connectivity index (χ0v) is 45.2. The molecule has 0 aromatic rings. The zero-order valence-electron chi connectivity index (χ0n) is 45.2. The molecule has 0 saturated carbocycles. The Kier molecular flexibility index (Phi) is 53.6. The highest BCUT2D eigenvalue weighted by molar-refractivity contribution is 5.71. The summed E-state index contributed by atoms with van der Waals surface area (Å²) in [6, 6.07) is 0. The van der Waals surface area contributed by atoms with Gasteiger partial charge in [-0.3, -0.25) is 14.4 Å². The number of carbonyl (C=O) groups excluding carboxylic acids is 3. The van der Waals surface area contributed by atoms with E-state index in [9.17, 15) is 14.4 Å². The van der Waals surface area contributed by atoms with Crippen molar-refractivity contribution in [3.8, 4) is 0 Å². The maximum Gasteiger partial charge on any atom is 0.306 e. The topological polar surface area (TPSA) is 78.9 Å². The molecule has 6 heteroatoms. The molecule has 1 atom stereocenters. The van der Waals surface area contributed by atoms with Gasteiger partial charge in [-0.05, 0) is 128 Å². The predicted octanol–water partition coefficient (Wildman–Crippen LogP) is 19.0. The number of ether oxygens (including phenoxy) is 3. The summed E-state index contributed by atoms with van der Waals surface area (Å²) in [5.74, 6) is -1.06. The molecule has 6 nitrogen and oxygen atoms in total. The molecule has 0 aliphatic rings. The van der Waals surface area contributed by atoms with Gasteiger partial charge in [0.15, 0.2) is 6.10 Å². The third kappa shape index (κ3) is 55.8. The largest absolute Gasteiger partial charge is 0.462 e. The summed E-state index contributed by atoms with van der Waals surface area (Å²) < 4.78 is 16.7. The van der Waals surface area contributed by atoms with Crippen LogP contribution in [0.3, 0.4) is 0 Å². The third-order valence-electron chi connectivity index (χ3n) is 11.0. The monoisotopic (exact) mass is 977 g/mol. The molecule has 0 rings (SSSR count).